The predicted molar refractivity (Wildman–Crippen MR) is 74.6 cm³/mol. The van der Waals surface area contributed by atoms with Gasteiger partial charge < -0.3 is 10.6 Å². The van der Waals surface area contributed by atoms with Crippen LogP contribution < -0.4 is 10.6 Å². The van der Waals surface area contributed by atoms with E-state index in [0.717, 1.165) is 12.1 Å². The van der Waals surface area contributed by atoms with Gasteiger partial charge in [-0.2, -0.15) is 5.26 Å². The monoisotopic (exact) mass is 287 g/mol. The molecular formula is C15H11F2N3O. The number of halogens is 2. The maximum atomic E-state index is 13.0. The number of nitrogens with zero attached hydrogens (tertiary/aromatic N) is 1. The molecule has 1 amide bonds. The third-order valence-electron chi connectivity index (χ3n) is 2.69. The molecule has 0 saturated heterocycles. The van der Waals surface area contributed by atoms with E-state index in [9.17, 15) is 13.6 Å². The van der Waals surface area contributed by atoms with Gasteiger partial charge in [0.05, 0.1) is 17.8 Å². The van der Waals surface area contributed by atoms with Crippen molar-refractivity contribution in [2.75, 3.05) is 17.2 Å². The van der Waals surface area contributed by atoms with E-state index in [1.165, 1.54) is 6.07 Å². The summed E-state index contributed by atoms with van der Waals surface area (Å²) < 4.78 is 25.8. The molecule has 0 aliphatic carbocycles. The van der Waals surface area contributed by atoms with Gasteiger partial charge >= 0.3 is 0 Å². The molecule has 0 bridgehead atoms. The number of rotatable bonds is 4. The summed E-state index contributed by atoms with van der Waals surface area (Å²) in [6.07, 6.45) is 0. The molecule has 0 aromatic heterocycles. The second-order valence-electron chi connectivity index (χ2n) is 4.19. The van der Waals surface area contributed by atoms with Gasteiger partial charge in [0.2, 0.25) is 5.91 Å². The highest BCUT2D eigenvalue weighted by Gasteiger charge is 2.07. The molecular weight excluding hydrogens is 276 g/mol. The van der Waals surface area contributed by atoms with Gasteiger partial charge in [-0.1, -0.05) is 12.1 Å². The Bertz CT molecular complexity index is 710. The van der Waals surface area contributed by atoms with E-state index in [2.05, 4.69) is 10.6 Å². The summed E-state index contributed by atoms with van der Waals surface area (Å²) in [5.41, 5.74) is 1.10. The Morgan fingerprint density at radius 1 is 1.14 bits per heavy atom. The molecule has 0 heterocycles. The third-order valence-corrected chi connectivity index (χ3v) is 2.69. The smallest absolute Gasteiger partial charge is 0.243 e. The van der Waals surface area contributed by atoms with Crippen LogP contribution in [0, 0.1) is 23.0 Å². The molecule has 0 aliphatic rings. The highest BCUT2D eigenvalue weighted by Crippen LogP contribution is 2.14. The average molecular weight is 287 g/mol. The van der Waals surface area contributed by atoms with E-state index >= 15 is 0 Å². The minimum atomic E-state index is -1.03. The minimum Gasteiger partial charge on any atom is -0.375 e. The second kappa shape index (κ2) is 6.48. The average Bonchev–Trinajstić information content (AvgIpc) is 2.49. The van der Waals surface area contributed by atoms with Crippen molar-refractivity contribution >= 4 is 17.3 Å². The Hall–Kier alpha value is -2.94. The zero-order chi connectivity index (χ0) is 15.2. The first-order chi connectivity index (χ1) is 10.1. The number of amides is 1. The van der Waals surface area contributed by atoms with Crippen LogP contribution in [0.5, 0.6) is 0 Å². The number of nitriles is 1. The number of carbonyl (C=O) groups is 1. The first-order valence-corrected chi connectivity index (χ1v) is 6.08. The number of nitrogens with one attached hydrogen (secondary N) is 2. The van der Waals surface area contributed by atoms with E-state index in [-0.39, 0.29) is 12.2 Å². The fourth-order valence-corrected chi connectivity index (χ4v) is 1.69. The molecule has 2 aromatic carbocycles. The molecule has 0 spiro atoms. The van der Waals surface area contributed by atoms with E-state index in [4.69, 9.17) is 5.26 Å². The molecule has 0 fully saturated rings. The van der Waals surface area contributed by atoms with Crippen LogP contribution in [-0.2, 0) is 4.79 Å². The second-order valence-corrected chi connectivity index (χ2v) is 4.19. The van der Waals surface area contributed by atoms with Gasteiger partial charge in [-0.25, -0.2) is 8.78 Å². The molecule has 0 aliphatic heterocycles. The lowest BCUT2D eigenvalue weighted by Gasteiger charge is -2.09. The normalized spacial score (nSPS) is 9.76. The van der Waals surface area contributed by atoms with Crippen molar-refractivity contribution in [1.82, 2.24) is 0 Å². The summed E-state index contributed by atoms with van der Waals surface area (Å²) in [6.45, 7) is -0.0995. The maximum Gasteiger partial charge on any atom is 0.243 e. The summed E-state index contributed by atoms with van der Waals surface area (Å²) in [6, 6.07) is 11.8. The lowest BCUT2D eigenvalue weighted by molar-refractivity contribution is -0.114. The number of benzene rings is 2. The summed E-state index contributed by atoms with van der Waals surface area (Å²) in [5, 5.41) is 14.1. The van der Waals surface area contributed by atoms with Crippen LogP contribution in [0.3, 0.4) is 0 Å². The van der Waals surface area contributed by atoms with Crippen LogP contribution >= 0.6 is 0 Å². The van der Waals surface area contributed by atoms with Gasteiger partial charge in [0.25, 0.3) is 0 Å². The number of para-hydroxylation sites is 1. The Morgan fingerprint density at radius 2 is 1.90 bits per heavy atom. The molecule has 0 saturated carbocycles. The predicted octanol–water partition coefficient (Wildman–Crippen LogP) is 2.89. The topological polar surface area (TPSA) is 64.9 Å². The van der Waals surface area contributed by atoms with E-state index in [1.54, 1.807) is 24.3 Å². The molecule has 6 heteroatoms. The molecule has 0 radical (unpaired) electrons. The largest absolute Gasteiger partial charge is 0.375 e. The van der Waals surface area contributed by atoms with Gasteiger partial charge in [-0.05, 0) is 24.3 Å². The lowest BCUT2D eigenvalue weighted by atomic mass is 10.2. The number of hydrogen-bond acceptors (Lipinski definition) is 3. The van der Waals surface area contributed by atoms with Crippen molar-refractivity contribution in [1.29, 1.82) is 5.26 Å². The molecule has 4 nitrogen and oxygen atoms in total. The molecule has 2 aromatic rings. The van der Waals surface area contributed by atoms with Crippen LogP contribution in [0.2, 0.25) is 0 Å². The van der Waals surface area contributed by atoms with Crippen molar-refractivity contribution in [3.8, 4) is 6.07 Å². The van der Waals surface area contributed by atoms with Crippen molar-refractivity contribution in [2.24, 2.45) is 0 Å². The van der Waals surface area contributed by atoms with Crippen LogP contribution in [0.1, 0.15) is 5.56 Å². The zero-order valence-corrected chi connectivity index (χ0v) is 10.9. The summed E-state index contributed by atoms with van der Waals surface area (Å²) in [5.74, 6) is -2.45. The maximum absolute atomic E-state index is 13.0. The standard InChI is InChI=1S/C15H11F2N3O/c16-12-6-5-11(7-13(12)17)20-15(21)9-19-14-4-2-1-3-10(14)8-18/h1-7,19H,9H2,(H,20,21). The lowest BCUT2D eigenvalue weighted by Crippen LogP contribution is -2.22. The van der Waals surface area contributed by atoms with Gasteiger partial charge in [-0.3, -0.25) is 4.79 Å². The Kier molecular flexibility index (Phi) is 4.46. The summed E-state index contributed by atoms with van der Waals surface area (Å²) >= 11 is 0. The van der Waals surface area contributed by atoms with Gasteiger partial charge in [0.1, 0.15) is 6.07 Å². The van der Waals surface area contributed by atoms with Crippen molar-refractivity contribution < 1.29 is 13.6 Å². The van der Waals surface area contributed by atoms with Crippen LogP contribution in [0.25, 0.3) is 0 Å². The zero-order valence-electron chi connectivity index (χ0n) is 10.9. The third kappa shape index (κ3) is 3.76. The fourth-order valence-electron chi connectivity index (χ4n) is 1.69. The quantitative estimate of drug-likeness (QED) is 0.908. The van der Waals surface area contributed by atoms with Gasteiger partial charge in [0.15, 0.2) is 11.6 Å². The highest BCUT2D eigenvalue weighted by atomic mass is 19.2. The number of carbonyl (C=O) groups excluding carboxylic acids is 1. The molecule has 2 rings (SSSR count). The number of hydrogen-bond donors (Lipinski definition) is 2. The molecule has 106 valence electrons. The molecule has 21 heavy (non-hydrogen) atoms. The fraction of sp³-hybridized carbons (Fsp3) is 0.0667. The van der Waals surface area contributed by atoms with Crippen LogP contribution in [0.15, 0.2) is 42.5 Å². The van der Waals surface area contributed by atoms with Crippen molar-refractivity contribution in [3.05, 3.63) is 59.7 Å². The SMILES string of the molecule is N#Cc1ccccc1NCC(=O)Nc1ccc(F)c(F)c1. The first-order valence-electron chi connectivity index (χ1n) is 6.08. The van der Waals surface area contributed by atoms with E-state index in [1.807, 2.05) is 6.07 Å². The van der Waals surface area contributed by atoms with Crippen molar-refractivity contribution in [3.63, 3.8) is 0 Å². The first kappa shape index (κ1) is 14.5. The summed E-state index contributed by atoms with van der Waals surface area (Å²) in [7, 11) is 0. The van der Waals surface area contributed by atoms with Gasteiger partial charge in [0, 0.05) is 11.8 Å². The Balaban J connectivity index is 1.96. The van der Waals surface area contributed by atoms with Gasteiger partial charge in [-0.15, -0.1) is 0 Å². The summed E-state index contributed by atoms with van der Waals surface area (Å²) in [4.78, 5) is 11.7. The Labute approximate surface area is 120 Å². The number of anilines is 2. The molecule has 2 N–H and O–H groups in total. The minimum absolute atomic E-state index is 0.0995. The van der Waals surface area contributed by atoms with Crippen LogP contribution in [-0.4, -0.2) is 12.5 Å². The van der Waals surface area contributed by atoms with Crippen LogP contribution in [0.4, 0.5) is 20.2 Å². The highest BCUT2D eigenvalue weighted by molar-refractivity contribution is 5.93. The Morgan fingerprint density at radius 3 is 2.62 bits per heavy atom. The van der Waals surface area contributed by atoms with Crippen molar-refractivity contribution in [2.45, 2.75) is 0 Å². The van der Waals surface area contributed by atoms with E-state index < -0.39 is 17.5 Å². The van der Waals surface area contributed by atoms with E-state index in [0.29, 0.717) is 11.3 Å². The molecule has 0 unspecified atom stereocenters. The molecule has 0 atom stereocenters.